The number of benzene rings is 2. The van der Waals surface area contributed by atoms with Gasteiger partial charge in [-0.1, -0.05) is 0 Å². The molecule has 0 atom stereocenters. The van der Waals surface area contributed by atoms with Crippen LogP contribution < -0.4 is 34.3 Å². The van der Waals surface area contributed by atoms with Crippen molar-refractivity contribution in [3.63, 3.8) is 0 Å². The van der Waals surface area contributed by atoms with Crippen molar-refractivity contribution in [1.29, 1.82) is 0 Å². The van der Waals surface area contributed by atoms with Crippen molar-refractivity contribution in [2.75, 3.05) is 14.2 Å². The normalized spacial score (nSPS) is 10.4. The minimum absolute atomic E-state index is 0. The first kappa shape index (κ1) is 22.1. The summed E-state index contributed by atoms with van der Waals surface area (Å²) in [6.07, 6.45) is 0. The molecule has 132 valence electrons. The summed E-state index contributed by atoms with van der Waals surface area (Å²) in [7, 11) is -2.23. The molecule has 2 aromatic rings. The maximum atomic E-state index is 11.7. The number of carbonyl (C=O) groups excluding carboxylic acids is 2. The van der Waals surface area contributed by atoms with Crippen molar-refractivity contribution < 1.29 is 66.3 Å². The third-order valence-corrected chi connectivity index (χ3v) is 3.92. The van der Waals surface area contributed by atoms with Crippen molar-refractivity contribution in [2.24, 2.45) is 0 Å². The van der Waals surface area contributed by atoms with Gasteiger partial charge in [0, 0.05) is 10.6 Å². The van der Waals surface area contributed by atoms with Gasteiger partial charge in [0.25, 0.3) is 0 Å². The molecule has 0 aliphatic rings. The standard InChI is InChI=1S/C16H13O8S.Na/c1-22-15(17)10-7-11(16(18)23-2)9-12(8-10)24-13-5-3-4-6-14(13)25(19,20)21;/h3,5-9H,1-2H3,(H,19,20,21);/q-1;+1. The van der Waals surface area contributed by atoms with Gasteiger partial charge in [-0.05, 0) is 18.2 Å². The van der Waals surface area contributed by atoms with Gasteiger partial charge in [-0.2, -0.15) is 18.2 Å². The van der Waals surface area contributed by atoms with Crippen LogP contribution in [-0.2, 0) is 19.6 Å². The predicted molar refractivity (Wildman–Crippen MR) is 84.3 cm³/mol. The molecule has 0 spiro atoms. The predicted octanol–water partition coefficient (Wildman–Crippen LogP) is -0.897. The minimum Gasteiger partial charge on any atom is -0.481 e. The number of hydrogen-bond donors (Lipinski definition) is 1. The van der Waals surface area contributed by atoms with Gasteiger partial charge in [0.1, 0.15) is 5.75 Å². The van der Waals surface area contributed by atoms with E-state index in [0.717, 1.165) is 20.3 Å². The Balaban J connectivity index is 0.00000338. The SMILES string of the molecule is COC(=O)c1cc(Oc2cc[c-]cc2S(=O)(=O)O)cc(C(=O)OC)c1.[Na+]. The second-order valence-corrected chi connectivity index (χ2v) is 6.07. The van der Waals surface area contributed by atoms with E-state index in [-0.39, 0.29) is 52.2 Å². The maximum absolute atomic E-state index is 11.7. The fraction of sp³-hybridized carbons (Fsp3) is 0.125. The minimum atomic E-state index is -4.56. The first-order valence-corrected chi connectivity index (χ1v) is 8.17. The van der Waals surface area contributed by atoms with Crippen LogP contribution >= 0.6 is 0 Å². The maximum Gasteiger partial charge on any atom is 1.00 e. The Morgan fingerprint density at radius 2 is 1.58 bits per heavy atom. The molecule has 10 heteroatoms. The quantitative estimate of drug-likeness (QED) is 0.303. The third-order valence-electron chi connectivity index (χ3n) is 3.04. The van der Waals surface area contributed by atoms with Crippen LogP contribution in [0.1, 0.15) is 20.7 Å². The van der Waals surface area contributed by atoms with E-state index in [4.69, 9.17) is 4.74 Å². The number of methoxy groups -OCH3 is 2. The summed E-state index contributed by atoms with van der Waals surface area (Å²) >= 11 is 0. The van der Waals surface area contributed by atoms with Crippen molar-refractivity contribution in [1.82, 2.24) is 0 Å². The molecule has 0 aliphatic carbocycles. The number of hydrogen-bond acceptors (Lipinski definition) is 7. The summed E-state index contributed by atoms with van der Waals surface area (Å²) in [6.45, 7) is 0. The molecule has 0 heterocycles. The van der Waals surface area contributed by atoms with Crippen LogP contribution in [0.2, 0.25) is 0 Å². The van der Waals surface area contributed by atoms with Gasteiger partial charge in [0.05, 0.1) is 25.3 Å². The molecule has 8 nitrogen and oxygen atoms in total. The van der Waals surface area contributed by atoms with Crippen molar-refractivity contribution >= 4 is 22.1 Å². The van der Waals surface area contributed by atoms with E-state index < -0.39 is 27.0 Å². The molecule has 0 aromatic heterocycles. The molecule has 0 unspecified atom stereocenters. The summed E-state index contributed by atoms with van der Waals surface area (Å²) in [4.78, 5) is 23.0. The topological polar surface area (TPSA) is 116 Å². The number of esters is 2. The Hall–Kier alpha value is -1.91. The van der Waals surface area contributed by atoms with E-state index in [1.807, 2.05) is 0 Å². The van der Waals surface area contributed by atoms with E-state index in [2.05, 4.69) is 15.5 Å². The van der Waals surface area contributed by atoms with Crippen molar-refractivity contribution in [3.8, 4) is 11.5 Å². The molecular weight excluding hydrogens is 375 g/mol. The summed E-state index contributed by atoms with van der Waals surface area (Å²) in [5.41, 5.74) is -0.00685. The van der Waals surface area contributed by atoms with Crippen LogP contribution in [0.15, 0.2) is 41.3 Å². The van der Waals surface area contributed by atoms with Gasteiger partial charge in [-0.25, -0.2) is 18.0 Å². The van der Waals surface area contributed by atoms with E-state index in [1.54, 1.807) is 0 Å². The number of carbonyl (C=O) groups is 2. The van der Waals surface area contributed by atoms with E-state index in [9.17, 15) is 22.6 Å². The average molecular weight is 388 g/mol. The number of rotatable bonds is 5. The van der Waals surface area contributed by atoms with Gasteiger partial charge >= 0.3 is 41.5 Å². The van der Waals surface area contributed by atoms with E-state index in [0.29, 0.717) is 0 Å². The largest absolute Gasteiger partial charge is 1.00 e. The monoisotopic (exact) mass is 388 g/mol. The molecule has 26 heavy (non-hydrogen) atoms. The molecule has 0 bridgehead atoms. The van der Waals surface area contributed by atoms with Crippen LogP contribution in [0, 0.1) is 6.07 Å². The molecule has 0 aliphatic heterocycles. The average Bonchev–Trinajstić information content (AvgIpc) is 2.59. The zero-order valence-electron chi connectivity index (χ0n) is 14.2. The molecule has 0 saturated carbocycles. The zero-order chi connectivity index (χ0) is 18.6. The molecule has 0 fully saturated rings. The Morgan fingerprint density at radius 3 is 2.04 bits per heavy atom. The molecule has 0 amide bonds. The first-order chi connectivity index (χ1) is 11.8. The van der Waals surface area contributed by atoms with Gasteiger partial charge in [0.2, 0.25) is 10.1 Å². The fourth-order valence-electron chi connectivity index (χ4n) is 1.94. The van der Waals surface area contributed by atoms with Crippen LogP contribution in [0.3, 0.4) is 0 Å². The van der Waals surface area contributed by atoms with Crippen molar-refractivity contribution in [3.05, 3.63) is 53.6 Å². The summed E-state index contributed by atoms with van der Waals surface area (Å²) < 4.78 is 46.7. The smallest absolute Gasteiger partial charge is 0.481 e. The number of ether oxygens (including phenoxy) is 3. The van der Waals surface area contributed by atoms with Crippen LogP contribution in [0.4, 0.5) is 0 Å². The Bertz CT molecular complexity index is 889. The van der Waals surface area contributed by atoms with Gasteiger partial charge in [0.15, 0.2) is 0 Å². The molecular formula is C16H13NaO8S. The first-order valence-electron chi connectivity index (χ1n) is 6.73. The Kier molecular flexibility index (Phi) is 7.79. The molecule has 0 saturated heterocycles. The van der Waals surface area contributed by atoms with E-state index in [1.165, 1.54) is 30.3 Å². The summed E-state index contributed by atoms with van der Waals surface area (Å²) in [5.74, 6) is -1.70. The van der Waals surface area contributed by atoms with Crippen molar-refractivity contribution in [2.45, 2.75) is 4.90 Å². The second kappa shape index (κ2) is 9.15. The van der Waals surface area contributed by atoms with Gasteiger partial charge in [-0.15, -0.1) is 6.07 Å². The molecule has 2 aromatic carbocycles. The summed E-state index contributed by atoms with van der Waals surface area (Å²) in [6, 6.07) is 9.90. The fourth-order valence-corrected chi connectivity index (χ4v) is 2.52. The van der Waals surface area contributed by atoms with Gasteiger partial charge in [-0.3, -0.25) is 4.55 Å². The second-order valence-electron chi connectivity index (χ2n) is 4.68. The molecule has 0 radical (unpaired) electrons. The Morgan fingerprint density at radius 1 is 1.04 bits per heavy atom. The Labute approximate surface area is 172 Å². The van der Waals surface area contributed by atoms with Crippen LogP contribution in [-0.4, -0.2) is 39.1 Å². The van der Waals surface area contributed by atoms with Crippen LogP contribution in [0.25, 0.3) is 0 Å². The molecule has 2 rings (SSSR count). The molecule has 1 N–H and O–H groups in total. The van der Waals surface area contributed by atoms with Gasteiger partial charge < -0.3 is 14.2 Å². The zero-order valence-corrected chi connectivity index (χ0v) is 17.0. The third kappa shape index (κ3) is 5.29. The van der Waals surface area contributed by atoms with E-state index >= 15 is 0 Å². The summed E-state index contributed by atoms with van der Waals surface area (Å²) in [5, 5.41) is 0. The van der Waals surface area contributed by atoms with Crippen LogP contribution in [0.5, 0.6) is 11.5 Å².